The number of carbonyl (C=O) groups is 1. The van der Waals surface area contributed by atoms with Crippen LogP contribution in [-0.4, -0.2) is 42.6 Å². The second kappa shape index (κ2) is 7.97. The second-order valence-electron chi connectivity index (χ2n) is 5.57. The monoisotopic (exact) mass is 278 g/mol. The molecular weight excluding hydrogens is 252 g/mol. The zero-order chi connectivity index (χ0) is 13.0. The molecule has 0 bridgehead atoms. The normalized spacial score (nSPS) is 22.8. The van der Waals surface area contributed by atoms with E-state index in [2.05, 4.69) is 13.8 Å². The van der Waals surface area contributed by atoms with Crippen molar-refractivity contribution in [1.82, 2.24) is 4.90 Å². The highest BCUT2D eigenvalue weighted by molar-refractivity contribution is 5.85. The lowest BCUT2D eigenvalue weighted by Gasteiger charge is -2.23. The molecule has 3 unspecified atom stereocenters. The maximum atomic E-state index is 12.1. The molecule has 2 N–H and O–H groups in total. The first kappa shape index (κ1) is 17.7. The molecule has 4 nitrogen and oxygen atoms in total. The largest absolute Gasteiger partial charge is 0.376 e. The first-order valence-corrected chi connectivity index (χ1v) is 6.57. The van der Waals surface area contributed by atoms with Crippen LogP contribution in [0.25, 0.3) is 0 Å². The zero-order valence-corrected chi connectivity index (χ0v) is 12.7. The predicted molar refractivity (Wildman–Crippen MR) is 75.8 cm³/mol. The standard InChI is InChI=1S/C13H26N2O2.ClH/c1-9(2)8-17-12-5-6-15(7-12)13(16)10(3)11(4)14;/h9-12H,5-8,14H2,1-4H3;1H. The Balaban J connectivity index is 0.00000289. The van der Waals surface area contributed by atoms with E-state index in [9.17, 15) is 4.79 Å². The van der Waals surface area contributed by atoms with E-state index < -0.39 is 0 Å². The van der Waals surface area contributed by atoms with Crippen LogP contribution in [-0.2, 0) is 9.53 Å². The summed E-state index contributed by atoms with van der Waals surface area (Å²) in [5.41, 5.74) is 5.76. The number of ether oxygens (including phenoxy) is 1. The number of nitrogens with two attached hydrogens (primary N) is 1. The predicted octanol–water partition coefficient (Wildman–Crippen LogP) is 1.66. The van der Waals surface area contributed by atoms with Gasteiger partial charge in [0.25, 0.3) is 0 Å². The molecule has 1 fully saturated rings. The fourth-order valence-corrected chi connectivity index (χ4v) is 1.91. The summed E-state index contributed by atoms with van der Waals surface area (Å²) >= 11 is 0. The van der Waals surface area contributed by atoms with Gasteiger partial charge in [-0.2, -0.15) is 0 Å². The van der Waals surface area contributed by atoms with Crippen molar-refractivity contribution in [2.45, 2.75) is 46.3 Å². The minimum Gasteiger partial charge on any atom is -0.376 e. The molecule has 1 heterocycles. The van der Waals surface area contributed by atoms with E-state index in [1.54, 1.807) is 0 Å². The molecule has 1 aliphatic heterocycles. The fraction of sp³-hybridized carbons (Fsp3) is 0.923. The Bertz CT molecular complexity index is 259. The number of hydrogen-bond donors (Lipinski definition) is 1. The van der Waals surface area contributed by atoms with Gasteiger partial charge in [0.05, 0.1) is 12.0 Å². The Hall–Kier alpha value is -0.320. The van der Waals surface area contributed by atoms with Gasteiger partial charge in [-0.05, 0) is 19.3 Å². The number of likely N-dealkylation sites (tertiary alicyclic amines) is 1. The minimum atomic E-state index is -0.0983. The Morgan fingerprint density at radius 2 is 2.00 bits per heavy atom. The van der Waals surface area contributed by atoms with Gasteiger partial charge in [-0.3, -0.25) is 4.79 Å². The lowest BCUT2D eigenvalue weighted by molar-refractivity contribution is -0.134. The van der Waals surface area contributed by atoms with E-state index in [-0.39, 0.29) is 36.4 Å². The summed E-state index contributed by atoms with van der Waals surface area (Å²) in [7, 11) is 0. The van der Waals surface area contributed by atoms with Gasteiger partial charge in [0.1, 0.15) is 0 Å². The second-order valence-corrected chi connectivity index (χ2v) is 5.57. The Kier molecular flexibility index (Phi) is 7.83. The molecule has 108 valence electrons. The third-order valence-corrected chi connectivity index (χ3v) is 3.30. The number of rotatable bonds is 5. The van der Waals surface area contributed by atoms with Crippen LogP contribution in [0.5, 0.6) is 0 Å². The van der Waals surface area contributed by atoms with Crippen LogP contribution >= 0.6 is 12.4 Å². The summed E-state index contributed by atoms with van der Waals surface area (Å²) in [4.78, 5) is 13.9. The summed E-state index contributed by atoms with van der Waals surface area (Å²) in [6.07, 6.45) is 1.16. The van der Waals surface area contributed by atoms with Gasteiger partial charge in [0.15, 0.2) is 0 Å². The molecule has 0 radical (unpaired) electrons. The van der Waals surface area contributed by atoms with Crippen molar-refractivity contribution >= 4 is 18.3 Å². The van der Waals surface area contributed by atoms with Gasteiger partial charge in [-0.1, -0.05) is 20.8 Å². The van der Waals surface area contributed by atoms with E-state index in [0.717, 1.165) is 26.1 Å². The van der Waals surface area contributed by atoms with E-state index >= 15 is 0 Å². The molecule has 18 heavy (non-hydrogen) atoms. The van der Waals surface area contributed by atoms with E-state index in [0.29, 0.717) is 5.92 Å². The van der Waals surface area contributed by atoms with Gasteiger partial charge >= 0.3 is 0 Å². The third kappa shape index (κ3) is 5.12. The van der Waals surface area contributed by atoms with E-state index in [1.165, 1.54) is 0 Å². The Morgan fingerprint density at radius 3 is 2.50 bits per heavy atom. The maximum absolute atomic E-state index is 12.1. The van der Waals surface area contributed by atoms with Crippen molar-refractivity contribution in [3.8, 4) is 0 Å². The minimum absolute atomic E-state index is 0. The van der Waals surface area contributed by atoms with Crippen LogP contribution in [0.1, 0.15) is 34.1 Å². The Labute approximate surface area is 117 Å². The molecule has 5 heteroatoms. The SMILES string of the molecule is CC(C)COC1CCN(C(=O)C(C)C(C)N)C1.Cl. The summed E-state index contributed by atoms with van der Waals surface area (Å²) in [5.74, 6) is 0.609. The molecule has 3 atom stereocenters. The lowest BCUT2D eigenvalue weighted by atomic mass is 10.0. The van der Waals surface area contributed by atoms with Crippen LogP contribution in [0.3, 0.4) is 0 Å². The quantitative estimate of drug-likeness (QED) is 0.832. The highest BCUT2D eigenvalue weighted by atomic mass is 35.5. The average Bonchev–Trinajstić information content (AvgIpc) is 2.72. The molecule has 1 rings (SSSR count). The first-order valence-electron chi connectivity index (χ1n) is 6.57. The average molecular weight is 279 g/mol. The van der Waals surface area contributed by atoms with E-state index in [4.69, 9.17) is 10.5 Å². The molecule has 1 saturated heterocycles. The van der Waals surface area contributed by atoms with Crippen LogP contribution in [0.4, 0.5) is 0 Å². The number of nitrogens with zero attached hydrogens (tertiary/aromatic N) is 1. The molecule has 0 spiro atoms. The van der Waals surface area contributed by atoms with Crippen LogP contribution in [0.2, 0.25) is 0 Å². The number of amides is 1. The highest BCUT2D eigenvalue weighted by Crippen LogP contribution is 2.17. The van der Waals surface area contributed by atoms with Crippen LogP contribution in [0.15, 0.2) is 0 Å². The smallest absolute Gasteiger partial charge is 0.227 e. The molecule has 0 aromatic heterocycles. The van der Waals surface area contributed by atoms with Crippen molar-refractivity contribution in [3.05, 3.63) is 0 Å². The molecule has 1 aliphatic rings. The zero-order valence-electron chi connectivity index (χ0n) is 11.9. The summed E-state index contributed by atoms with van der Waals surface area (Å²) in [6, 6.07) is -0.0851. The van der Waals surface area contributed by atoms with Crippen molar-refractivity contribution in [2.75, 3.05) is 19.7 Å². The molecule has 0 aliphatic carbocycles. The maximum Gasteiger partial charge on any atom is 0.227 e. The van der Waals surface area contributed by atoms with Crippen LogP contribution < -0.4 is 5.73 Å². The van der Waals surface area contributed by atoms with Crippen molar-refractivity contribution in [1.29, 1.82) is 0 Å². The van der Waals surface area contributed by atoms with Gasteiger partial charge in [-0.25, -0.2) is 0 Å². The van der Waals surface area contributed by atoms with Gasteiger partial charge in [0.2, 0.25) is 5.91 Å². The summed E-state index contributed by atoms with van der Waals surface area (Å²) in [6.45, 7) is 10.4. The number of hydrogen-bond acceptors (Lipinski definition) is 3. The summed E-state index contributed by atoms with van der Waals surface area (Å²) in [5, 5.41) is 0. The highest BCUT2D eigenvalue weighted by Gasteiger charge is 2.30. The number of halogens is 1. The van der Waals surface area contributed by atoms with Gasteiger partial charge < -0.3 is 15.4 Å². The fourth-order valence-electron chi connectivity index (χ4n) is 1.91. The topological polar surface area (TPSA) is 55.6 Å². The third-order valence-electron chi connectivity index (χ3n) is 3.30. The summed E-state index contributed by atoms with van der Waals surface area (Å²) < 4.78 is 5.76. The Morgan fingerprint density at radius 1 is 1.39 bits per heavy atom. The van der Waals surface area contributed by atoms with Gasteiger partial charge in [-0.15, -0.1) is 12.4 Å². The molecule has 0 saturated carbocycles. The van der Waals surface area contributed by atoms with Crippen LogP contribution in [0, 0.1) is 11.8 Å². The van der Waals surface area contributed by atoms with Gasteiger partial charge in [0, 0.05) is 25.7 Å². The molecule has 1 amide bonds. The van der Waals surface area contributed by atoms with E-state index in [1.807, 2.05) is 18.7 Å². The first-order chi connectivity index (χ1) is 7.91. The molecule has 0 aromatic carbocycles. The van der Waals surface area contributed by atoms with Crippen molar-refractivity contribution in [2.24, 2.45) is 17.6 Å². The molecule has 0 aromatic rings. The number of carbonyl (C=O) groups excluding carboxylic acids is 1. The van der Waals surface area contributed by atoms with Crippen molar-refractivity contribution in [3.63, 3.8) is 0 Å². The molecular formula is C13H27ClN2O2. The van der Waals surface area contributed by atoms with Crippen molar-refractivity contribution < 1.29 is 9.53 Å². The lowest BCUT2D eigenvalue weighted by Crippen LogP contribution is -2.41.